The monoisotopic (exact) mass is 318 g/mol. The van der Waals surface area contributed by atoms with E-state index in [1.807, 2.05) is 60.9 Å². The van der Waals surface area contributed by atoms with Crippen molar-refractivity contribution in [3.8, 4) is 0 Å². The Hall–Kier alpha value is -1.88. The molecule has 1 aliphatic rings. The highest BCUT2D eigenvalue weighted by Crippen LogP contribution is 2.32. The molecule has 1 N–H and O–H groups in total. The average molecular weight is 318 g/mol. The predicted octanol–water partition coefficient (Wildman–Crippen LogP) is 2.25. The summed E-state index contributed by atoms with van der Waals surface area (Å²) in [6, 6.07) is 9.27. The van der Waals surface area contributed by atoms with Gasteiger partial charge in [0.1, 0.15) is 6.04 Å². The molecule has 1 saturated heterocycles. The number of carbonyl (C=O) groups excluding carboxylic acids is 1. The number of carboxylic acid groups (broad SMARTS) is 1. The van der Waals surface area contributed by atoms with Crippen molar-refractivity contribution in [2.45, 2.75) is 26.8 Å². The van der Waals surface area contributed by atoms with Gasteiger partial charge in [-0.2, -0.15) is 0 Å². The van der Waals surface area contributed by atoms with Gasteiger partial charge in [-0.15, -0.1) is 0 Å². The Morgan fingerprint density at radius 2 is 1.83 bits per heavy atom. The molecule has 1 fully saturated rings. The highest BCUT2D eigenvalue weighted by Gasteiger charge is 2.41. The predicted molar refractivity (Wildman–Crippen MR) is 89.0 cm³/mol. The van der Waals surface area contributed by atoms with E-state index in [1.54, 1.807) is 0 Å². The van der Waals surface area contributed by atoms with E-state index in [-0.39, 0.29) is 11.8 Å². The number of rotatable bonds is 6. The lowest BCUT2D eigenvalue weighted by molar-refractivity contribution is -0.143. The maximum Gasteiger partial charge on any atom is 0.308 e. The van der Waals surface area contributed by atoms with Crippen molar-refractivity contribution in [1.29, 1.82) is 0 Å². The summed E-state index contributed by atoms with van der Waals surface area (Å²) in [5, 5.41) is 9.37. The van der Waals surface area contributed by atoms with Crippen LogP contribution < -0.4 is 0 Å². The Balaban J connectivity index is 2.32. The van der Waals surface area contributed by atoms with E-state index in [2.05, 4.69) is 0 Å². The summed E-state index contributed by atoms with van der Waals surface area (Å²) in [4.78, 5) is 28.3. The number of hydrogen-bond acceptors (Lipinski definition) is 3. The summed E-state index contributed by atoms with van der Waals surface area (Å²) in [6.07, 6.45) is 0. The summed E-state index contributed by atoms with van der Waals surface area (Å²) in [6.45, 7) is 8.25. The average Bonchev–Trinajstić information content (AvgIpc) is 2.91. The second kappa shape index (κ2) is 7.59. The minimum atomic E-state index is -0.776. The molecular weight excluding hydrogens is 292 g/mol. The summed E-state index contributed by atoms with van der Waals surface area (Å²) in [5.74, 6) is -1.09. The van der Waals surface area contributed by atoms with Crippen LogP contribution in [0.5, 0.6) is 0 Å². The Morgan fingerprint density at radius 1 is 1.22 bits per heavy atom. The molecule has 1 aromatic rings. The van der Waals surface area contributed by atoms with Gasteiger partial charge in [0.25, 0.3) is 0 Å². The Kier molecular flexibility index (Phi) is 5.77. The molecule has 1 amide bonds. The molecule has 0 radical (unpaired) electrons. The molecule has 5 nitrogen and oxygen atoms in total. The van der Waals surface area contributed by atoms with Crippen molar-refractivity contribution < 1.29 is 14.7 Å². The molecule has 0 aromatic heterocycles. The van der Waals surface area contributed by atoms with Gasteiger partial charge in [-0.1, -0.05) is 37.3 Å². The quantitative estimate of drug-likeness (QED) is 0.874. The first kappa shape index (κ1) is 17.5. The molecule has 126 valence electrons. The zero-order chi connectivity index (χ0) is 17.0. The third kappa shape index (κ3) is 3.72. The molecular formula is C18H26N2O3. The Bertz CT molecular complexity index is 542. The molecule has 23 heavy (non-hydrogen) atoms. The van der Waals surface area contributed by atoms with Crippen molar-refractivity contribution in [3.05, 3.63) is 35.9 Å². The summed E-state index contributed by atoms with van der Waals surface area (Å²) >= 11 is 0. The first-order valence-electron chi connectivity index (χ1n) is 8.30. The van der Waals surface area contributed by atoms with Gasteiger partial charge < -0.3 is 10.0 Å². The normalized spacial score (nSPS) is 22.7. The minimum Gasteiger partial charge on any atom is -0.481 e. The summed E-state index contributed by atoms with van der Waals surface area (Å²) in [7, 11) is 0. The molecule has 0 aliphatic carbocycles. The summed E-state index contributed by atoms with van der Waals surface area (Å²) in [5.41, 5.74) is 0.933. The largest absolute Gasteiger partial charge is 0.481 e. The zero-order valence-electron chi connectivity index (χ0n) is 14.1. The number of benzene rings is 1. The fraction of sp³-hybridized carbons (Fsp3) is 0.556. The lowest BCUT2D eigenvalue weighted by atomic mass is 9.99. The fourth-order valence-electron chi connectivity index (χ4n) is 3.39. The van der Waals surface area contributed by atoms with Gasteiger partial charge in [0.05, 0.1) is 5.92 Å². The molecule has 2 rings (SSSR count). The third-order valence-corrected chi connectivity index (χ3v) is 4.75. The van der Waals surface area contributed by atoms with E-state index in [4.69, 9.17) is 0 Å². The van der Waals surface area contributed by atoms with Crippen LogP contribution in [0.15, 0.2) is 30.3 Å². The molecule has 1 aliphatic heterocycles. The van der Waals surface area contributed by atoms with E-state index in [0.29, 0.717) is 26.2 Å². The number of hydrogen-bond donors (Lipinski definition) is 1. The van der Waals surface area contributed by atoms with Crippen molar-refractivity contribution in [2.75, 3.05) is 26.2 Å². The zero-order valence-corrected chi connectivity index (χ0v) is 14.1. The molecule has 5 heteroatoms. The number of carbonyl (C=O) groups is 2. The van der Waals surface area contributed by atoms with Crippen LogP contribution in [-0.2, 0) is 9.59 Å². The van der Waals surface area contributed by atoms with E-state index in [0.717, 1.165) is 5.56 Å². The SMILES string of the molecule is CCN(CC)C(=O)C(c1ccccc1)N1C[C@@H](C)[C@H](C(=O)O)C1. The van der Waals surface area contributed by atoms with Crippen LogP contribution in [-0.4, -0.2) is 53.0 Å². The topological polar surface area (TPSA) is 60.9 Å². The van der Waals surface area contributed by atoms with Crippen LogP contribution in [0.3, 0.4) is 0 Å². The summed E-state index contributed by atoms with van der Waals surface area (Å²) < 4.78 is 0. The molecule has 0 saturated carbocycles. The number of likely N-dealkylation sites (tertiary alicyclic amines) is 1. The lowest BCUT2D eigenvalue weighted by Crippen LogP contribution is -2.42. The van der Waals surface area contributed by atoms with Crippen molar-refractivity contribution >= 4 is 11.9 Å². The van der Waals surface area contributed by atoms with Crippen molar-refractivity contribution in [3.63, 3.8) is 0 Å². The van der Waals surface area contributed by atoms with Crippen LogP contribution in [0.25, 0.3) is 0 Å². The van der Waals surface area contributed by atoms with Gasteiger partial charge in [0, 0.05) is 26.2 Å². The van der Waals surface area contributed by atoms with Gasteiger partial charge in [-0.05, 0) is 25.3 Å². The number of carboxylic acids is 1. The number of aliphatic carboxylic acids is 1. The van der Waals surface area contributed by atoms with Crippen molar-refractivity contribution in [1.82, 2.24) is 9.80 Å². The van der Waals surface area contributed by atoms with Gasteiger partial charge >= 0.3 is 5.97 Å². The molecule has 1 heterocycles. The van der Waals surface area contributed by atoms with E-state index < -0.39 is 17.9 Å². The second-order valence-electron chi connectivity index (χ2n) is 6.20. The molecule has 0 bridgehead atoms. The van der Waals surface area contributed by atoms with Crippen LogP contribution in [0.2, 0.25) is 0 Å². The highest BCUT2D eigenvalue weighted by molar-refractivity contribution is 5.83. The Labute approximate surface area is 137 Å². The van der Waals surface area contributed by atoms with Crippen LogP contribution in [0, 0.1) is 11.8 Å². The maximum atomic E-state index is 13.0. The van der Waals surface area contributed by atoms with Crippen LogP contribution >= 0.6 is 0 Å². The van der Waals surface area contributed by atoms with E-state index in [9.17, 15) is 14.7 Å². The van der Waals surface area contributed by atoms with Crippen molar-refractivity contribution in [2.24, 2.45) is 11.8 Å². The van der Waals surface area contributed by atoms with Gasteiger partial charge in [0.15, 0.2) is 0 Å². The third-order valence-electron chi connectivity index (χ3n) is 4.75. The van der Waals surface area contributed by atoms with Gasteiger partial charge in [0.2, 0.25) is 5.91 Å². The fourth-order valence-corrected chi connectivity index (χ4v) is 3.39. The minimum absolute atomic E-state index is 0.0446. The Morgan fingerprint density at radius 3 is 2.30 bits per heavy atom. The number of likely N-dealkylation sites (N-methyl/N-ethyl adjacent to an activating group) is 1. The highest BCUT2D eigenvalue weighted by atomic mass is 16.4. The second-order valence-corrected chi connectivity index (χ2v) is 6.20. The van der Waals surface area contributed by atoms with Crippen LogP contribution in [0.1, 0.15) is 32.4 Å². The van der Waals surface area contributed by atoms with E-state index >= 15 is 0 Å². The standard InChI is InChI=1S/C18H26N2O3/c1-4-19(5-2)17(21)16(14-9-7-6-8-10-14)20-11-13(3)15(12-20)18(22)23/h6-10,13,15-16H,4-5,11-12H2,1-3H3,(H,22,23)/t13-,15-,16?/m1/s1. The molecule has 1 unspecified atom stereocenters. The first-order chi connectivity index (χ1) is 11.0. The maximum absolute atomic E-state index is 13.0. The van der Waals surface area contributed by atoms with Gasteiger partial charge in [-0.25, -0.2) is 0 Å². The molecule has 1 aromatic carbocycles. The first-order valence-corrected chi connectivity index (χ1v) is 8.30. The smallest absolute Gasteiger partial charge is 0.308 e. The molecule has 3 atom stereocenters. The number of nitrogens with zero attached hydrogens (tertiary/aromatic N) is 2. The lowest BCUT2D eigenvalue weighted by Gasteiger charge is -2.32. The number of amides is 1. The van der Waals surface area contributed by atoms with E-state index in [1.165, 1.54) is 0 Å². The van der Waals surface area contributed by atoms with Gasteiger partial charge in [-0.3, -0.25) is 14.5 Å². The van der Waals surface area contributed by atoms with Crippen LogP contribution in [0.4, 0.5) is 0 Å². The molecule has 0 spiro atoms.